The van der Waals surface area contributed by atoms with E-state index < -0.39 is 46.7 Å². The Morgan fingerprint density at radius 2 is 1.33 bits per heavy atom. The fraction of sp³-hybridized carbons (Fsp3) is 0.500. The Labute approximate surface area is 111 Å². The molecule has 0 aliphatic rings. The first-order valence-corrected chi connectivity index (χ1v) is 5.20. The fourth-order valence-corrected chi connectivity index (χ4v) is 1.59. The Kier molecular flexibility index (Phi) is 7.08. The fourth-order valence-electron chi connectivity index (χ4n) is 0.998. The van der Waals surface area contributed by atoms with Gasteiger partial charge in [-0.05, 0) is 0 Å². The average molecular weight is 336 g/mol. The van der Waals surface area contributed by atoms with Gasteiger partial charge in [0.15, 0.2) is 0 Å². The van der Waals surface area contributed by atoms with Crippen LogP contribution < -0.4 is 0 Å². The minimum absolute atomic E-state index is 0. The van der Waals surface area contributed by atoms with E-state index in [2.05, 4.69) is 4.18 Å². The normalized spacial score (nSPS) is 11.4. The summed E-state index contributed by atoms with van der Waals surface area (Å²) in [7, 11) is -5.33. The standard InChI is InChI=1S/C6H8O10S.Cu/c7-3(8)1-6(5(11)12,2-4(9)10)16-17(13,14)15;/h1-2H2,(H,7,8)(H,9,10)(H,11,12)(H,13,14,15);. The predicted molar refractivity (Wildman–Crippen MR) is 47.5 cm³/mol. The Balaban J connectivity index is 0. The van der Waals surface area contributed by atoms with E-state index in [1.165, 1.54) is 0 Å². The van der Waals surface area contributed by atoms with Crippen molar-refractivity contribution in [3.63, 3.8) is 0 Å². The Hall–Kier alpha value is -1.20. The molecule has 18 heavy (non-hydrogen) atoms. The Morgan fingerprint density at radius 3 is 1.50 bits per heavy atom. The van der Waals surface area contributed by atoms with Gasteiger partial charge in [0.05, 0.1) is 12.8 Å². The molecule has 1 radical (unpaired) electrons. The van der Waals surface area contributed by atoms with Crippen LogP contribution in [0.5, 0.6) is 0 Å². The third kappa shape index (κ3) is 6.51. The summed E-state index contributed by atoms with van der Waals surface area (Å²) in [5.74, 6) is -5.76. The number of hydrogen-bond acceptors (Lipinski definition) is 6. The summed E-state index contributed by atoms with van der Waals surface area (Å²) >= 11 is 0. The second-order valence-electron chi connectivity index (χ2n) is 2.95. The Bertz CT molecular complexity index is 423. The molecule has 0 aromatic rings. The van der Waals surface area contributed by atoms with Crippen LogP contribution in [-0.2, 0) is 46.0 Å². The minimum Gasteiger partial charge on any atom is -0.481 e. The number of hydrogen-bond donors (Lipinski definition) is 4. The maximum atomic E-state index is 10.7. The van der Waals surface area contributed by atoms with Gasteiger partial charge in [-0.2, -0.15) is 8.42 Å². The first-order valence-electron chi connectivity index (χ1n) is 3.83. The van der Waals surface area contributed by atoms with Crippen LogP contribution >= 0.6 is 0 Å². The molecular formula is C6H8CuO10S. The SMILES string of the molecule is O=C(O)CC(CC(=O)O)(OS(=O)(=O)O)C(=O)O.[Cu]. The van der Waals surface area contributed by atoms with Crippen LogP contribution in [-0.4, -0.2) is 51.8 Å². The first-order chi connectivity index (χ1) is 7.48. The van der Waals surface area contributed by atoms with E-state index in [4.69, 9.17) is 19.9 Å². The maximum Gasteiger partial charge on any atom is 0.398 e. The molecular weight excluding hydrogens is 328 g/mol. The molecule has 12 heteroatoms. The summed E-state index contributed by atoms with van der Waals surface area (Å²) < 4.78 is 32.8. The number of carboxylic acids is 3. The van der Waals surface area contributed by atoms with Gasteiger partial charge in [0.2, 0.25) is 5.60 Å². The smallest absolute Gasteiger partial charge is 0.398 e. The summed E-state index contributed by atoms with van der Waals surface area (Å²) in [6.45, 7) is 0. The van der Waals surface area contributed by atoms with Gasteiger partial charge in [0, 0.05) is 17.1 Å². The van der Waals surface area contributed by atoms with Gasteiger partial charge < -0.3 is 15.3 Å². The van der Waals surface area contributed by atoms with Gasteiger partial charge >= 0.3 is 28.3 Å². The van der Waals surface area contributed by atoms with Crippen molar-refractivity contribution >= 4 is 28.3 Å². The maximum absolute atomic E-state index is 10.7. The second-order valence-corrected chi connectivity index (χ2v) is 3.97. The largest absolute Gasteiger partial charge is 0.481 e. The molecule has 0 amide bonds. The number of carboxylic acid groups (broad SMARTS) is 3. The minimum atomic E-state index is -5.33. The number of carbonyl (C=O) groups is 3. The molecule has 0 aromatic carbocycles. The van der Waals surface area contributed by atoms with Crippen LogP contribution in [0.3, 0.4) is 0 Å². The molecule has 0 aromatic heterocycles. The summed E-state index contributed by atoms with van der Waals surface area (Å²) in [6, 6.07) is 0. The van der Waals surface area contributed by atoms with E-state index in [-0.39, 0.29) is 17.1 Å². The van der Waals surface area contributed by atoms with Gasteiger partial charge in [-0.1, -0.05) is 0 Å². The second kappa shape index (κ2) is 6.66. The summed E-state index contributed by atoms with van der Waals surface area (Å²) in [5, 5.41) is 25.4. The van der Waals surface area contributed by atoms with E-state index in [0.29, 0.717) is 0 Å². The van der Waals surface area contributed by atoms with E-state index >= 15 is 0 Å². The van der Waals surface area contributed by atoms with E-state index in [1.807, 2.05) is 0 Å². The van der Waals surface area contributed by atoms with Crippen molar-refractivity contribution in [1.82, 2.24) is 0 Å². The molecule has 0 bridgehead atoms. The van der Waals surface area contributed by atoms with E-state index in [0.717, 1.165) is 0 Å². The molecule has 0 unspecified atom stereocenters. The topological polar surface area (TPSA) is 175 Å². The van der Waals surface area contributed by atoms with Crippen molar-refractivity contribution in [2.24, 2.45) is 0 Å². The van der Waals surface area contributed by atoms with Crippen LogP contribution in [0.25, 0.3) is 0 Å². The van der Waals surface area contributed by atoms with Gasteiger partial charge in [0.1, 0.15) is 0 Å². The number of aliphatic carboxylic acids is 3. The molecule has 0 saturated carbocycles. The van der Waals surface area contributed by atoms with Gasteiger partial charge in [-0.3, -0.25) is 14.1 Å². The Morgan fingerprint density at radius 1 is 1.00 bits per heavy atom. The van der Waals surface area contributed by atoms with Crippen LogP contribution in [0.2, 0.25) is 0 Å². The summed E-state index contributed by atoms with van der Waals surface area (Å²) in [4.78, 5) is 31.5. The molecule has 0 heterocycles. The molecule has 0 saturated heterocycles. The number of rotatable bonds is 7. The quantitative estimate of drug-likeness (QED) is 0.319. The molecule has 0 rings (SSSR count). The molecule has 4 N–H and O–H groups in total. The van der Waals surface area contributed by atoms with Crippen molar-refractivity contribution in [3.05, 3.63) is 0 Å². The van der Waals surface area contributed by atoms with Crippen LogP contribution in [0.1, 0.15) is 12.8 Å². The van der Waals surface area contributed by atoms with Gasteiger partial charge in [0.25, 0.3) is 0 Å². The summed E-state index contributed by atoms with van der Waals surface area (Å²) in [6.07, 6.45) is -2.90. The average Bonchev–Trinajstić information content (AvgIpc) is 1.96. The zero-order chi connectivity index (χ0) is 13.9. The van der Waals surface area contributed by atoms with Crippen molar-refractivity contribution in [3.8, 4) is 0 Å². The molecule has 0 spiro atoms. The molecule has 0 atom stereocenters. The van der Waals surface area contributed by atoms with E-state index in [9.17, 15) is 22.8 Å². The molecule has 109 valence electrons. The third-order valence-corrected chi connectivity index (χ3v) is 2.06. The molecule has 10 nitrogen and oxygen atoms in total. The summed E-state index contributed by atoms with van der Waals surface area (Å²) in [5.41, 5.74) is -3.09. The van der Waals surface area contributed by atoms with E-state index in [1.54, 1.807) is 0 Å². The van der Waals surface area contributed by atoms with Crippen molar-refractivity contribution < 1.29 is 63.9 Å². The zero-order valence-electron chi connectivity index (χ0n) is 8.36. The molecule has 0 aliphatic carbocycles. The van der Waals surface area contributed by atoms with Gasteiger partial charge in [-0.25, -0.2) is 8.98 Å². The van der Waals surface area contributed by atoms with Crippen LogP contribution in [0.4, 0.5) is 0 Å². The van der Waals surface area contributed by atoms with Gasteiger partial charge in [-0.15, -0.1) is 0 Å². The monoisotopic (exact) mass is 335 g/mol. The van der Waals surface area contributed by atoms with Crippen molar-refractivity contribution in [2.45, 2.75) is 18.4 Å². The molecule has 0 fully saturated rings. The van der Waals surface area contributed by atoms with Crippen LogP contribution in [0, 0.1) is 0 Å². The van der Waals surface area contributed by atoms with Crippen molar-refractivity contribution in [2.75, 3.05) is 0 Å². The zero-order valence-corrected chi connectivity index (χ0v) is 10.1. The molecule has 0 aliphatic heterocycles. The van der Waals surface area contributed by atoms with Crippen molar-refractivity contribution in [1.29, 1.82) is 0 Å². The first kappa shape index (κ1) is 19.1. The predicted octanol–water partition coefficient (Wildman–Crippen LogP) is -1.42. The third-order valence-electron chi connectivity index (χ3n) is 1.53. The van der Waals surface area contributed by atoms with Crippen LogP contribution in [0.15, 0.2) is 0 Å².